The minimum atomic E-state index is 0.565. The van der Waals surface area contributed by atoms with E-state index in [9.17, 15) is 0 Å². The van der Waals surface area contributed by atoms with E-state index in [-0.39, 0.29) is 0 Å². The number of nitrogens with zero attached hydrogens (tertiary/aromatic N) is 2. The topological polar surface area (TPSA) is 45.5 Å². The van der Waals surface area contributed by atoms with E-state index in [1.807, 2.05) is 18.2 Å². The number of aromatic nitrogens is 2. The van der Waals surface area contributed by atoms with Crippen LogP contribution in [0.3, 0.4) is 0 Å². The van der Waals surface area contributed by atoms with E-state index in [0.717, 1.165) is 52.6 Å². The van der Waals surface area contributed by atoms with Crippen molar-refractivity contribution in [2.24, 2.45) is 0 Å². The fourth-order valence-corrected chi connectivity index (χ4v) is 4.07. The van der Waals surface area contributed by atoms with Gasteiger partial charge >= 0.3 is 0 Å². The maximum absolute atomic E-state index is 6.08. The number of para-hydroxylation sites is 2. The quantitative estimate of drug-likeness (QED) is 0.291. The molecule has 3 aromatic carbocycles. The third-order valence-corrected chi connectivity index (χ3v) is 6.19. The second-order valence-electron chi connectivity index (χ2n) is 8.26. The summed E-state index contributed by atoms with van der Waals surface area (Å²) in [6, 6.07) is 22.7. The van der Waals surface area contributed by atoms with Crippen LogP contribution in [0.25, 0.3) is 11.0 Å². The average molecular weight is 445 g/mol. The Bertz CT molecular complexity index is 1200. The Hall–Kier alpha value is -3.47. The molecule has 0 aliphatic carbocycles. The molecule has 0 aliphatic heterocycles. The summed E-state index contributed by atoms with van der Waals surface area (Å²) in [5, 5.41) is 0. The van der Waals surface area contributed by atoms with Crippen molar-refractivity contribution in [1.82, 2.24) is 9.55 Å². The van der Waals surface area contributed by atoms with Crippen LogP contribution in [0.1, 0.15) is 43.1 Å². The zero-order valence-electron chi connectivity index (χ0n) is 19.9. The number of rotatable bonds is 10. The maximum Gasteiger partial charge on any atom is 0.161 e. The molecule has 0 fully saturated rings. The van der Waals surface area contributed by atoms with Crippen LogP contribution < -0.4 is 14.2 Å². The van der Waals surface area contributed by atoms with Crippen LogP contribution >= 0.6 is 0 Å². The first-order valence-corrected chi connectivity index (χ1v) is 11.5. The van der Waals surface area contributed by atoms with Gasteiger partial charge in [-0.2, -0.15) is 0 Å². The van der Waals surface area contributed by atoms with Crippen LogP contribution in [-0.2, 0) is 13.0 Å². The van der Waals surface area contributed by atoms with Crippen molar-refractivity contribution in [3.8, 4) is 17.2 Å². The molecule has 5 heteroatoms. The van der Waals surface area contributed by atoms with E-state index < -0.39 is 0 Å². The smallest absolute Gasteiger partial charge is 0.161 e. The number of benzene rings is 3. The summed E-state index contributed by atoms with van der Waals surface area (Å²) < 4.78 is 19.2. The fourth-order valence-electron chi connectivity index (χ4n) is 4.07. The molecule has 1 heterocycles. The van der Waals surface area contributed by atoms with E-state index in [2.05, 4.69) is 66.9 Å². The average Bonchev–Trinajstić information content (AvgIpc) is 3.20. The largest absolute Gasteiger partial charge is 0.493 e. The first-order chi connectivity index (χ1) is 16.1. The van der Waals surface area contributed by atoms with E-state index in [0.29, 0.717) is 18.9 Å². The SMILES string of the molecule is CCC(C)c1ccc(OCCn2c(Cc3ccc(OC)c(OC)c3)nc3ccccc32)cc1. The van der Waals surface area contributed by atoms with Gasteiger partial charge in [0, 0.05) is 6.42 Å². The number of hydrogen-bond acceptors (Lipinski definition) is 4. The Kier molecular flexibility index (Phi) is 7.18. The Labute approximate surface area is 195 Å². The summed E-state index contributed by atoms with van der Waals surface area (Å²) in [6.07, 6.45) is 1.83. The zero-order chi connectivity index (χ0) is 23.2. The Morgan fingerprint density at radius 2 is 1.67 bits per heavy atom. The summed E-state index contributed by atoms with van der Waals surface area (Å²) in [6.45, 7) is 5.75. The van der Waals surface area contributed by atoms with Gasteiger partial charge in [-0.3, -0.25) is 0 Å². The van der Waals surface area contributed by atoms with Crippen LogP contribution in [-0.4, -0.2) is 30.4 Å². The van der Waals surface area contributed by atoms with E-state index in [4.69, 9.17) is 19.2 Å². The third-order valence-electron chi connectivity index (χ3n) is 6.19. The van der Waals surface area contributed by atoms with Gasteiger partial charge in [-0.25, -0.2) is 4.98 Å². The molecule has 4 aromatic rings. The number of imidazole rings is 1. The van der Waals surface area contributed by atoms with Crippen molar-refractivity contribution >= 4 is 11.0 Å². The minimum Gasteiger partial charge on any atom is -0.493 e. The van der Waals surface area contributed by atoms with Crippen molar-refractivity contribution in [2.75, 3.05) is 20.8 Å². The lowest BCUT2D eigenvalue weighted by Crippen LogP contribution is -2.11. The molecular weight excluding hydrogens is 412 g/mol. The van der Waals surface area contributed by atoms with Gasteiger partial charge in [0.2, 0.25) is 0 Å². The van der Waals surface area contributed by atoms with Crippen LogP contribution in [0.5, 0.6) is 17.2 Å². The van der Waals surface area contributed by atoms with Crippen LogP contribution in [0.4, 0.5) is 0 Å². The molecule has 1 unspecified atom stereocenters. The first kappa shape index (κ1) is 22.7. The summed E-state index contributed by atoms with van der Waals surface area (Å²) in [5.41, 5.74) is 4.57. The molecule has 0 saturated carbocycles. The second kappa shape index (κ2) is 10.4. The third kappa shape index (κ3) is 5.14. The predicted octanol–water partition coefficient (Wildman–Crippen LogP) is 6.24. The number of fused-ring (bicyclic) bond motifs is 1. The molecule has 0 bridgehead atoms. The van der Waals surface area contributed by atoms with E-state index in [1.54, 1.807) is 14.2 Å². The number of methoxy groups -OCH3 is 2. The molecule has 0 amide bonds. The van der Waals surface area contributed by atoms with Gasteiger partial charge in [-0.15, -0.1) is 0 Å². The van der Waals surface area contributed by atoms with Crippen molar-refractivity contribution < 1.29 is 14.2 Å². The van der Waals surface area contributed by atoms with Crippen molar-refractivity contribution in [2.45, 2.75) is 39.2 Å². The number of ether oxygens (including phenoxy) is 3. The molecule has 33 heavy (non-hydrogen) atoms. The molecule has 172 valence electrons. The predicted molar refractivity (Wildman–Crippen MR) is 133 cm³/mol. The highest BCUT2D eigenvalue weighted by Gasteiger charge is 2.13. The first-order valence-electron chi connectivity index (χ1n) is 11.5. The zero-order valence-corrected chi connectivity index (χ0v) is 19.9. The lowest BCUT2D eigenvalue weighted by molar-refractivity contribution is 0.298. The van der Waals surface area contributed by atoms with Gasteiger partial charge in [-0.05, 0) is 59.9 Å². The molecule has 0 N–H and O–H groups in total. The van der Waals surface area contributed by atoms with Gasteiger partial charge in [0.15, 0.2) is 11.5 Å². The van der Waals surface area contributed by atoms with Gasteiger partial charge in [0.25, 0.3) is 0 Å². The van der Waals surface area contributed by atoms with E-state index in [1.165, 1.54) is 5.56 Å². The second-order valence-corrected chi connectivity index (χ2v) is 8.26. The Morgan fingerprint density at radius 3 is 2.39 bits per heavy atom. The monoisotopic (exact) mass is 444 g/mol. The molecule has 4 rings (SSSR count). The summed E-state index contributed by atoms with van der Waals surface area (Å²) in [5.74, 6) is 3.91. The Morgan fingerprint density at radius 1 is 0.909 bits per heavy atom. The van der Waals surface area contributed by atoms with Gasteiger partial charge in [0.05, 0.1) is 31.8 Å². The highest BCUT2D eigenvalue weighted by molar-refractivity contribution is 5.76. The fraction of sp³-hybridized carbons (Fsp3) is 0.321. The maximum atomic E-state index is 6.08. The number of hydrogen-bond donors (Lipinski definition) is 0. The summed E-state index contributed by atoms with van der Waals surface area (Å²) in [7, 11) is 3.30. The highest BCUT2D eigenvalue weighted by atomic mass is 16.5. The van der Waals surface area contributed by atoms with Crippen molar-refractivity contribution in [1.29, 1.82) is 0 Å². The Balaban J connectivity index is 1.52. The van der Waals surface area contributed by atoms with Crippen LogP contribution in [0.2, 0.25) is 0 Å². The highest BCUT2D eigenvalue weighted by Crippen LogP contribution is 2.29. The van der Waals surface area contributed by atoms with Crippen molar-refractivity contribution in [3.63, 3.8) is 0 Å². The minimum absolute atomic E-state index is 0.565. The normalized spacial score (nSPS) is 12.0. The van der Waals surface area contributed by atoms with Crippen LogP contribution in [0, 0.1) is 0 Å². The molecule has 0 saturated heterocycles. The lowest BCUT2D eigenvalue weighted by atomic mass is 9.99. The molecule has 1 atom stereocenters. The van der Waals surface area contributed by atoms with Crippen LogP contribution in [0.15, 0.2) is 66.7 Å². The summed E-state index contributed by atoms with van der Waals surface area (Å²) >= 11 is 0. The van der Waals surface area contributed by atoms with Gasteiger partial charge in [0.1, 0.15) is 18.2 Å². The molecule has 5 nitrogen and oxygen atoms in total. The standard InChI is InChI=1S/C28H32N2O3/c1-5-20(2)22-11-13-23(14-12-22)33-17-16-30-25-9-7-6-8-24(25)29-28(30)19-21-10-15-26(31-3)27(18-21)32-4/h6-15,18,20H,5,16-17,19H2,1-4H3. The van der Waals surface area contributed by atoms with E-state index >= 15 is 0 Å². The molecule has 0 radical (unpaired) electrons. The molecule has 0 aliphatic rings. The molecule has 0 spiro atoms. The van der Waals surface area contributed by atoms with Crippen molar-refractivity contribution in [3.05, 3.63) is 83.7 Å². The van der Waals surface area contributed by atoms with Gasteiger partial charge < -0.3 is 18.8 Å². The molecule has 1 aromatic heterocycles. The van der Waals surface area contributed by atoms with Gasteiger partial charge in [-0.1, -0.05) is 44.2 Å². The molecular formula is C28H32N2O3. The lowest BCUT2D eigenvalue weighted by Gasteiger charge is -2.13. The summed E-state index contributed by atoms with van der Waals surface area (Å²) in [4.78, 5) is 4.91.